The van der Waals surface area contributed by atoms with Crippen LogP contribution in [0.4, 0.5) is 4.39 Å². The molecular formula is C18H13FN2O5. The predicted octanol–water partition coefficient (Wildman–Crippen LogP) is 1.93. The Hall–Kier alpha value is -3.55. The molecule has 0 unspecified atom stereocenters. The van der Waals surface area contributed by atoms with Crippen LogP contribution in [0.1, 0.15) is 10.4 Å². The molecule has 1 aromatic heterocycles. The number of esters is 2. The van der Waals surface area contributed by atoms with Crippen LogP contribution in [0.3, 0.4) is 0 Å². The second-order valence-corrected chi connectivity index (χ2v) is 5.33. The Labute approximate surface area is 146 Å². The maximum atomic E-state index is 13.3. The Morgan fingerprint density at radius 3 is 2.58 bits per heavy atom. The number of hydrogen-bond donors (Lipinski definition) is 0. The first-order valence-electron chi connectivity index (χ1n) is 7.51. The van der Waals surface area contributed by atoms with E-state index in [1.807, 2.05) is 0 Å². The van der Waals surface area contributed by atoms with E-state index in [9.17, 15) is 18.8 Å². The lowest BCUT2D eigenvalue weighted by Crippen LogP contribution is -2.27. The minimum absolute atomic E-state index is 0.0720. The van der Waals surface area contributed by atoms with E-state index in [1.54, 1.807) is 0 Å². The highest BCUT2D eigenvalue weighted by molar-refractivity contribution is 5.89. The zero-order chi connectivity index (χ0) is 18.7. The summed E-state index contributed by atoms with van der Waals surface area (Å²) in [5, 5.41) is 0.0720. The monoisotopic (exact) mass is 356 g/mol. The largest absolute Gasteiger partial charge is 0.465 e. The molecule has 1 heterocycles. The van der Waals surface area contributed by atoms with Gasteiger partial charge in [-0.05, 0) is 42.5 Å². The molecule has 2 aromatic carbocycles. The van der Waals surface area contributed by atoms with Crippen molar-refractivity contribution in [2.75, 3.05) is 7.11 Å². The van der Waals surface area contributed by atoms with Crippen molar-refractivity contribution in [1.82, 2.24) is 9.55 Å². The van der Waals surface area contributed by atoms with Crippen LogP contribution in [0.25, 0.3) is 10.9 Å². The summed E-state index contributed by atoms with van der Waals surface area (Å²) in [6, 6.07) is 9.41. The number of ether oxygens (including phenoxy) is 2. The van der Waals surface area contributed by atoms with Crippen LogP contribution in [-0.2, 0) is 16.1 Å². The Kier molecular flexibility index (Phi) is 4.74. The summed E-state index contributed by atoms with van der Waals surface area (Å²) < 4.78 is 24.0. The molecule has 0 bridgehead atoms. The number of methoxy groups -OCH3 is 1. The molecule has 0 radical (unpaired) electrons. The van der Waals surface area contributed by atoms with Crippen LogP contribution in [0.2, 0.25) is 0 Å². The molecule has 0 fully saturated rings. The molecular weight excluding hydrogens is 343 g/mol. The van der Waals surface area contributed by atoms with Crippen molar-refractivity contribution in [3.8, 4) is 5.75 Å². The van der Waals surface area contributed by atoms with Crippen LogP contribution < -0.4 is 10.3 Å². The van der Waals surface area contributed by atoms with Crippen LogP contribution >= 0.6 is 0 Å². The number of hydrogen-bond acceptors (Lipinski definition) is 6. The highest BCUT2D eigenvalue weighted by atomic mass is 19.1. The Morgan fingerprint density at radius 1 is 1.15 bits per heavy atom. The van der Waals surface area contributed by atoms with E-state index >= 15 is 0 Å². The van der Waals surface area contributed by atoms with E-state index in [-0.39, 0.29) is 11.1 Å². The molecule has 0 aliphatic heterocycles. The molecule has 3 aromatic rings. The van der Waals surface area contributed by atoms with Gasteiger partial charge in [0.25, 0.3) is 5.56 Å². The minimum atomic E-state index is -0.713. The quantitative estimate of drug-likeness (QED) is 0.524. The van der Waals surface area contributed by atoms with Gasteiger partial charge in [0.15, 0.2) is 0 Å². The standard InChI is InChI=1S/C18H13FN2O5/c1-25-18(24)11-2-5-13(6-3-11)26-16(22)9-21-10-20-15-7-4-12(19)8-14(15)17(21)23/h2-8,10H,9H2,1H3. The fraction of sp³-hybridized carbons (Fsp3) is 0.111. The third-order valence-electron chi connectivity index (χ3n) is 3.59. The number of carbonyl (C=O) groups is 2. The zero-order valence-electron chi connectivity index (χ0n) is 13.6. The molecule has 0 aliphatic rings. The van der Waals surface area contributed by atoms with Gasteiger partial charge in [0.1, 0.15) is 18.1 Å². The van der Waals surface area contributed by atoms with Crippen molar-refractivity contribution in [2.24, 2.45) is 0 Å². The van der Waals surface area contributed by atoms with E-state index in [2.05, 4.69) is 9.72 Å². The van der Waals surface area contributed by atoms with Crippen LogP contribution in [0, 0.1) is 5.82 Å². The molecule has 26 heavy (non-hydrogen) atoms. The highest BCUT2D eigenvalue weighted by Gasteiger charge is 2.12. The zero-order valence-corrected chi connectivity index (χ0v) is 13.6. The van der Waals surface area contributed by atoms with Crippen molar-refractivity contribution < 1.29 is 23.5 Å². The van der Waals surface area contributed by atoms with Gasteiger partial charge < -0.3 is 9.47 Å². The number of rotatable bonds is 4. The minimum Gasteiger partial charge on any atom is -0.465 e. The second kappa shape index (κ2) is 7.14. The van der Waals surface area contributed by atoms with Crippen LogP contribution in [0.15, 0.2) is 53.6 Å². The smallest absolute Gasteiger partial charge is 0.337 e. The first kappa shape index (κ1) is 17.3. The molecule has 0 aliphatic carbocycles. The molecule has 132 valence electrons. The third-order valence-corrected chi connectivity index (χ3v) is 3.59. The Bertz CT molecular complexity index is 1040. The van der Waals surface area contributed by atoms with Gasteiger partial charge in [0.2, 0.25) is 0 Å². The molecule has 0 N–H and O–H groups in total. The van der Waals surface area contributed by atoms with E-state index < -0.39 is 29.9 Å². The average Bonchev–Trinajstić information content (AvgIpc) is 2.64. The predicted molar refractivity (Wildman–Crippen MR) is 89.4 cm³/mol. The fourth-order valence-electron chi connectivity index (χ4n) is 2.32. The van der Waals surface area contributed by atoms with Crippen molar-refractivity contribution >= 4 is 22.8 Å². The molecule has 0 amide bonds. The van der Waals surface area contributed by atoms with Gasteiger partial charge in [-0.25, -0.2) is 19.0 Å². The third kappa shape index (κ3) is 3.59. The summed E-state index contributed by atoms with van der Waals surface area (Å²) in [6.45, 7) is -0.392. The summed E-state index contributed by atoms with van der Waals surface area (Å²) in [5.74, 6) is -1.59. The maximum Gasteiger partial charge on any atom is 0.337 e. The molecule has 0 atom stereocenters. The van der Waals surface area contributed by atoms with E-state index in [4.69, 9.17) is 4.74 Å². The molecule has 0 saturated carbocycles. The first-order valence-corrected chi connectivity index (χ1v) is 7.51. The van der Waals surface area contributed by atoms with Crippen molar-refractivity contribution in [1.29, 1.82) is 0 Å². The lowest BCUT2D eigenvalue weighted by molar-refractivity contribution is -0.135. The van der Waals surface area contributed by atoms with E-state index in [0.717, 1.165) is 10.6 Å². The van der Waals surface area contributed by atoms with Crippen molar-refractivity contribution in [3.05, 3.63) is 70.5 Å². The van der Waals surface area contributed by atoms with E-state index in [0.29, 0.717) is 11.1 Å². The fourth-order valence-corrected chi connectivity index (χ4v) is 2.32. The molecule has 3 rings (SSSR count). The molecule has 0 spiro atoms. The van der Waals surface area contributed by atoms with Gasteiger partial charge in [-0.1, -0.05) is 0 Å². The molecule has 7 nitrogen and oxygen atoms in total. The van der Waals surface area contributed by atoms with Gasteiger partial charge in [-0.2, -0.15) is 0 Å². The Morgan fingerprint density at radius 2 is 1.88 bits per heavy atom. The second-order valence-electron chi connectivity index (χ2n) is 5.33. The van der Waals surface area contributed by atoms with Crippen LogP contribution in [-0.4, -0.2) is 28.6 Å². The SMILES string of the molecule is COC(=O)c1ccc(OC(=O)Cn2cnc3ccc(F)cc3c2=O)cc1. The number of nitrogens with zero attached hydrogens (tertiary/aromatic N) is 2. The lowest BCUT2D eigenvalue weighted by Gasteiger charge is -2.08. The van der Waals surface area contributed by atoms with Gasteiger partial charge in [0.05, 0.1) is 29.9 Å². The summed E-state index contributed by atoms with van der Waals surface area (Å²) in [4.78, 5) is 39.7. The number of carbonyl (C=O) groups excluding carboxylic acids is 2. The summed E-state index contributed by atoms with van der Waals surface area (Å²) in [7, 11) is 1.26. The Balaban J connectivity index is 1.76. The van der Waals surface area contributed by atoms with Crippen LogP contribution in [0.5, 0.6) is 5.75 Å². The number of benzene rings is 2. The topological polar surface area (TPSA) is 87.5 Å². The molecule has 8 heteroatoms. The normalized spacial score (nSPS) is 10.5. The van der Waals surface area contributed by atoms with Crippen molar-refractivity contribution in [2.45, 2.75) is 6.54 Å². The lowest BCUT2D eigenvalue weighted by atomic mass is 10.2. The number of halogens is 1. The van der Waals surface area contributed by atoms with Crippen molar-refractivity contribution in [3.63, 3.8) is 0 Å². The van der Waals surface area contributed by atoms with E-state index in [1.165, 1.54) is 49.8 Å². The number of fused-ring (bicyclic) bond motifs is 1. The summed E-state index contributed by atoms with van der Waals surface area (Å²) in [6.07, 6.45) is 1.20. The van der Waals surface area contributed by atoms with Gasteiger partial charge in [0, 0.05) is 0 Å². The average molecular weight is 356 g/mol. The summed E-state index contributed by atoms with van der Waals surface area (Å²) in [5.41, 5.74) is 0.0937. The highest BCUT2D eigenvalue weighted by Crippen LogP contribution is 2.13. The van der Waals surface area contributed by atoms with Gasteiger partial charge in [-0.15, -0.1) is 0 Å². The first-order chi connectivity index (χ1) is 12.5. The molecule has 0 saturated heterocycles. The summed E-state index contributed by atoms with van der Waals surface area (Å²) >= 11 is 0. The van der Waals surface area contributed by atoms with Gasteiger partial charge >= 0.3 is 11.9 Å². The maximum absolute atomic E-state index is 13.3. The number of aromatic nitrogens is 2. The van der Waals surface area contributed by atoms with Gasteiger partial charge in [-0.3, -0.25) is 9.36 Å².